The van der Waals surface area contributed by atoms with Crippen LogP contribution in [-0.2, 0) is 29.1 Å². The smallest absolute Gasteiger partial charge is 0.228 e. The maximum Gasteiger partial charge on any atom is 0.228 e. The lowest BCUT2D eigenvalue weighted by atomic mass is 9.98. The van der Waals surface area contributed by atoms with Crippen molar-refractivity contribution < 1.29 is 28.6 Å². The van der Waals surface area contributed by atoms with E-state index in [1.165, 1.54) is 6.39 Å². The zero-order chi connectivity index (χ0) is 32.0. The Morgan fingerprint density at radius 1 is 1.17 bits per heavy atom. The van der Waals surface area contributed by atoms with Gasteiger partial charge in [0.2, 0.25) is 11.9 Å². The molecule has 3 aliphatic heterocycles. The first-order valence-electron chi connectivity index (χ1n) is 15.9. The molecule has 246 valence electrons. The number of anilines is 2. The van der Waals surface area contributed by atoms with Gasteiger partial charge in [0, 0.05) is 64.7 Å². The third-order valence-electron chi connectivity index (χ3n) is 8.61. The molecular weight excluding hydrogens is 614 g/mol. The summed E-state index contributed by atoms with van der Waals surface area (Å²) in [6, 6.07) is 5.68. The SMILES string of the molecule is CCC(=O)N1CCN(c2nc(NC3COC3)cc(C(=O)CC[C@H](O)CN3CCc4c(ccc(OCc5cnco5)c4Cl)C3)n2)CC1. The number of hydrogen-bond acceptors (Lipinski definition) is 12. The third-order valence-corrected chi connectivity index (χ3v) is 9.03. The minimum atomic E-state index is -0.680. The summed E-state index contributed by atoms with van der Waals surface area (Å²) >= 11 is 6.68. The maximum absolute atomic E-state index is 13.4. The van der Waals surface area contributed by atoms with Crippen molar-refractivity contribution in [2.45, 2.75) is 57.9 Å². The predicted octanol–water partition coefficient (Wildman–Crippen LogP) is 2.95. The Bertz CT molecular complexity index is 1510. The van der Waals surface area contributed by atoms with Crippen LogP contribution in [0.1, 0.15) is 53.6 Å². The number of benzene rings is 1. The summed E-state index contributed by atoms with van der Waals surface area (Å²) in [5.41, 5.74) is 2.46. The van der Waals surface area contributed by atoms with E-state index < -0.39 is 6.10 Å². The van der Waals surface area contributed by atoms with Crippen LogP contribution in [0.5, 0.6) is 5.75 Å². The van der Waals surface area contributed by atoms with Gasteiger partial charge in [-0.15, -0.1) is 0 Å². The number of aliphatic hydroxyl groups is 1. The molecule has 0 saturated carbocycles. The second-order valence-corrected chi connectivity index (χ2v) is 12.3. The van der Waals surface area contributed by atoms with Crippen molar-refractivity contribution in [2.75, 3.05) is 62.7 Å². The summed E-state index contributed by atoms with van der Waals surface area (Å²) in [5, 5.41) is 14.8. The molecule has 13 nitrogen and oxygen atoms in total. The standard InChI is InChI=1S/C32H40ClN7O6/c1-2-30(43)39-9-11-40(12-10-39)32-36-26(13-29(37-32)35-22-17-44-18-22)27(42)5-4-23(41)16-38-8-7-25-21(15-38)3-6-28(31(25)33)45-19-24-14-34-20-46-24/h3,6,13-14,20,22-23,41H,2,4-5,7-12,15-19H2,1H3,(H,35,36,37)/t23-/m0/s1. The minimum Gasteiger partial charge on any atom is -0.484 e. The van der Waals surface area contributed by atoms with Crippen molar-refractivity contribution in [1.82, 2.24) is 24.8 Å². The number of carbonyl (C=O) groups excluding carboxylic acids is 2. The Hall–Kier alpha value is -3.78. The molecule has 2 aromatic heterocycles. The maximum atomic E-state index is 13.4. The third kappa shape index (κ3) is 7.77. The fourth-order valence-corrected chi connectivity index (χ4v) is 6.23. The van der Waals surface area contributed by atoms with Crippen LogP contribution in [0.25, 0.3) is 0 Å². The van der Waals surface area contributed by atoms with Gasteiger partial charge in [0.25, 0.3) is 0 Å². The second kappa shape index (κ2) is 14.8. The lowest BCUT2D eigenvalue weighted by molar-refractivity contribution is -0.131. The van der Waals surface area contributed by atoms with Crippen LogP contribution >= 0.6 is 11.6 Å². The Morgan fingerprint density at radius 2 is 2.00 bits per heavy atom. The number of piperazine rings is 1. The number of carbonyl (C=O) groups is 2. The fourth-order valence-electron chi connectivity index (χ4n) is 5.89. The van der Waals surface area contributed by atoms with Gasteiger partial charge in [-0.2, -0.15) is 4.98 Å². The van der Waals surface area contributed by atoms with Gasteiger partial charge in [-0.05, 0) is 30.0 Å². The number of ketones is 1. The lowest BCUT2D eigenvalue weighted by Crippen LogP contribution is -2.49. The molecule has 14 heteroatoms. The summed E-state index contributed by atoms with van der Waals surface area (Å²) in [6.45, 7) is 7.46. The van der Waals surface area contributed by atoms with E-state index in [1.807, 2.05) is 28.9 Å². The average molecular weight is 654 g/mol. The van der Waals surface area contributed by atoms with Gasteiger partial charge in [0.05, 0.1) is 36.6 Å². The molecule has 2 fully saturated rings. The van der Waals surface area contributed by atoms with E-state index in [2.05, 4.69) is 25.2 Å². The highest BCUT2D eigenvalue weighted by Crippen LogP contribution is 2.34. The summed E-state index contributed by atoms with van der Waals surface area (Å²) in [4.78, 5) is 44.7. The minimum absolute atomic E-state index is 0.131. The van der Waals surface area contributed by atoms with Crippen LogP contribution in [0.15, 0.2) is 35.2 Å². The Kier molecular flexibility index (Phi) is 10.3. The van der Waals surface area contributed by atoms with Crippen molar-refractivity contribution in [3.8, 4) is 5.75 Å². The summed E-state index contributed by atoms with van der Waals surface area (Å²) < 4.78 is 16.4. The van der Waals surface area contributed by atoms with Gasteiger partial charge in [0.1, 0.15) is 23.9 Å². The van der Waals surface area contributed by atoms with E-state index in [-0.39, 0.29) is 30.8 Å². The normalized spacial score (nSPS) is 17.7. The number of Topliss-reactive ketones (excluding diaryl/α,β-unsaturated/α-hetero) is 1. The van der Waals surface area contributed by atoms with Crippen molar-refractivity contribution >= 4 is 35.1 Å². The first kappa shape index (κ1) is 32.2. The molecule has 3 aromatic rings. The molecule has 2 saturated heterocycles. The van der Waals surface area contributed by atoms with E-state index in [1.54, 1.807) is 12.3 Å². The quantitative estimate of drug-likeness (QED) is 0.262. The van der Waals surface area contributed by atoms with E-state index in [4.69, 9.17) is 25.5 Å². The number of aromatic nitrogens is 3. The van der Waals surface area contributed by atoms with Gasteiger partial charge in [0.15, 0.2) is 17.9 Å². The van der Waals surface area contributed by atoms with Crippen molar-refractivity contribution in [2.24, 2.45) is 0 Å². The predicted molar refractivity (Wildman–Crippen MR) is 170 cm³/mol. The fraction of sp³-hybridized carbons (Fsp3) is 0.531. The van der Waals surface area contributed by atoms with Gasteiger partial charge in [-0.25, -0.2) is 9.97 Å². The van der Waals surface area contributed by atoms with E-state index in [0.717, 1.165) is 24.1 Å². The van der Waals surface area contributed by atoms with E-state index in [9.17, 15) is 14.7 Å². The monoisotopic (exact) mass is 653 g/mol. The molecule has 1 amide bonds. The van der Waals surface area contributed by atoms with Crippen molar-refractivity contribution in [3.63, 3.8) is 0 Å². The number of halogens is 1. The molecule has 0 bridgehead atoms. The average Bonchev–Trinajstić information content (AvgIpc) is 3.58. The van der Waals surface area contributed by atoms with Crippen LogP contribution in [0.3, 0.4) is 0 Å². The molecule has 2 N–H and O–H groups in total. The summed E-state index contributed by atoms with van der Waals surface area (Å²) in [6.07, 6.45) is 3.97. The number of nitrogens with zero attached hydrogens (tertiary/aromatic N) is 6. The molecule has 0 radical (unpaired) electrons. The highest BCUT2D eigenvalue weighted by molar-refractivity contribution is 6.33. The molecule has 6 rings (SSSR count). The van der Waals surface area contributed by atoms with Crippen LogP contribution in [0.4, 0.5) is 11.8 Å². The zero-order valence-electron chi connectivity index (χ0n) is 26.0. The van der Waals surface area contributed by atoms with Gasteiger partial charge in [-0.3, -0.25) is 14.5 Å². The number of amides is 1. The molecule has 1 aromatic carbocycles. The van der Waals surface area contributed by atoms with Gasteiger partial charge >= 0.3 is 0 Å². The molecule has 0 unspecified atom stereocenters. The molecule has 46 heavy (non-hydrogen) atoms. The first-order valence-corrected chi connectivity index (χ1v) is 16.2. The van der Waals surface area contributed by atoms with Crippen molar-refractivity contribution in [3.05, 3.63) is 58.4 Å². The van der Waals surface area contributed by atoms with Gasteiger partial charge in [-0.1, -0.05) is 24.6 Å². The molecule has 5 heterocycles. The number of β-amino-alcohol motifs (C(OH)–C–C–N with tert-alkyl or cyclic N) is 1. The van der Waals surface area contributed by atoms with Crippen LogP contribution in [-0.4, -0.2) is 106 Å². The number of ether oxygens (including phenoxy) is 2. The largest absolute Gasteiger partial charge is 0.484 e. The molecule has 0 spiro atoms. The zero-order valence-corrected chi connectivity index (χ0v) is 26.7. The number of aliphatic hydroxyl groups excluding tert-OH is 1. The Morgan fingerprint density at radius 3 is 2.72 bits per heavy atom. The van der Waals surface area contributed by atoms with Gasteiger partial charge < -0.3 is 34.1 Å². The van der Waals surface area contributed by atoms with Crippen LogP contribution in [0, 0.1) is 0 Å². The van der Waals surface area contributed by atoms with E-state index >= 15 is 0 Å². The first-order chi connectivity index (χ1) is 22.4. The molecule has 1 atom stereocenters. The highest BCUT2D eigenvalue weighted by Gasteiger charge is 2.26. The number of oxazole rings is 1. The number of fused-ring (bicyclic) bond motifs is 1. The molecular formula is C32H40ClN7O6. The number of hydrogen-bond donors (Lipinski definition) is 2. The van der Waals surface area contributed by atoms with Crippen molar-refractivity contribution in [1.29, 1.82) is 0 Å². The second-order valence-electron chi connectivity index (χ2n) is 11.9. The van der Waals surface area contributed by atoms with E-state index in [0.29, 0.717) is 99.3 Å². The topological polar surface area (TPSA) is 146 Å². The number of nitrogens with one attached hydrogen (secondary N) is 1. The highest BCUT2D eigenvalue weighted by atomic mass is 35.5. The summed E-state index contributed by atoms with van der Waals surface area (Å²) in [7, 11) is 0. The Balaban J connectivity index is 1.03. The molecule has 0 aliphatic carbocycles. The number of rotatable bonds is 13. The Labute approximate surface area is 272 Å². The van der Waals surface area contributed by atoms with Crippen LogP contribution in [0.2, 0.25) is 5.02 Å². The lowest BCUT2D eigenvalue weighted by Gasteiger charge is -2.35. The van der Waals surface area contributed by atoms with Crippen LogP contribution < -0.4 is 15.0 Å². The summed E-state index contributed by atoms with van der Waals surface area (Å²) in [5.74, 6) is 2.25. The molecule has 3 aliphatic rings.